The lowest BCUT2D eigenvalue weighted by molar-refractivity contribution is 0.125. The zero-order chi connectivity index (χ0) is 17.7. The first-order valence-corrected chi connectivity index (χ1v) is 10.6. The minimum atomic E-state index is 0. The molecule has 0 aromatic heterocycles. The maximum Gasteiger partial charge on any atom is 0.193 e. The molecule has 1 aliphatic carbocycles. The van der Waals surface area contributed by atoms with Crippen molar-refractivity contribution in [2.45, 2.75) is 46.5 Å². The van der Waals surface area contributed by atoms with Gasteiger partial charge in [0.25, 0.3) is 0 Å². The third-order valence-corrected chi connectivity index (χ3v) is 6.52. The maximum absolute atomic E-state index is 5.01. The van der Waals surface area contributed by atoms with Gasteiger partial charge in [-0.3, -0.25) is 4.99 Å². The highest BCUT2D eigenvalue weighted by Crippen LogP contribution is 2.47. The van der Waals surface area contributed by atoms with Crippen LogP contribution in [-0.2, 0) is 0 Å². The molecule has 152 valence electrons. The van der Waals surface area contributed by atoms with Gasteiger partial charge >= 0.3 is 0 Å². The average Bonchev–Trinajstić information content (AvgIpc) is 3.05. The fourth-order valence-corrected chi connectivity index (χ4v) is 4.66. The van der Waals surface area contributed by atoms with Crippen molar-refractivity contribution in [3.63, 3.8) is 0 Å². The first kappa shape index (κ1) is 22.2. The van der Waals surface area contributed by atoms with Gasteiger partial charge < -0.3 is 20.0 Å². The molecule has 0 amide bonds. The number of guanidine groups is 1. The summed E-state index contributed by atoms with van der Waals surface area (Å²) in [6.45, 7) is 18.4. The molecule has 0 aromatic carbocycles. The Labute approximate surface area is 178 Å². The molecule has 1 atom stereocenters. The largest absolute Gasteiger partial charge is 0.357 e. The molecular weight excluding hydrogens is 437 g/mol. The van der Waals surface area contributed by atoms with Crippen LogP contribution in [0.3, 0.4) is 0 Å². The second kappa shape index (κ2) is 10.5. The Balaban J connectivity index is 0.00000243. The van der Waals surface area contributed by atoms with Crippen LogP contribution in [-0.4, -0.2) is 86.1 Å². The standard InChI is InChI=1S/C20H39N5.HI/c1-4-21-19(25-10-9-20(17-25)7-6-8-20)22-15-18(3)16-24-13-11-23(5-2)12-14-24;/h18H,4-17H2,1-3H3,(H,21,22);1H. The average molecular weight is 477 g/mol. The summed E-state index contributed by atoms with van der Waals surface area (Å²) < 4.78 is 0. The number of hydrogen-bond acceptors (Lipinski definition) is 3. The number of likely N-dealkylation sites (tertiary alicyclic amines) is 1. The van der Waals surface area contributed by atoms with Crippen molar-refractivity contribution >= 4 is 29.9 Å². The van der Waals surface area contributed by atoms with E-state index in [4.69, 9.17) is 4.99 Å². The number of halogens is 1. The van der Waals surface area contributed by atoms with Gasteiger partial charge in [-0.25, -0.2) is 0 Å². The minimum absolute atomic E-state index is 0. The van der Waals surface area contributed by atoms with Gasteiger partial charge in [0.05, 0.1) is 0 Å². The van der Waals surface area contributed by atoms with E-state index < -0.39 is 0 Å². The SMILES string of the molecule is CCNC(=NCC(C)CN1CCN(CC)CC1)N1CCC2(CCC2)C1.I. The molecule has 3 aliphatic rings. The van der Waals surface area contributed by atoms with E-state index in [1.54, 1.807) is 0 Å². The summed E-state index contributed by atoms with van der Waals surface area (Å²) in [5.41, 5.74) is 0.640. The number of aliphatic imine (C=N–C) groups is 1. The van der Waals surface area contributed by atoms with Crippen LogP contribution in [0.15, 0.2) is 4.99 Å². The smallest absolute Gasteiger partial charge is 0.193 e. The zero-order valence-electron chi connectivity index (χ0n) is 17.2. The van der Waals surface area contributed by atoms with Crippen LogP contribution in [0.25, 0.3) is 0 Å². The highest BCUT2D eigenvalue weighted by Gasteiger charge is 2.43. The third-order valence-electron chi connectivity index (χ3n) is 6.52. The second-order valence-corrected chi connectivity index (χ2v) is 8.56. The van der Waals surface area contributed by atoms with Crippen molar-refractivity contribution in [2.75, 3.05) is 65.4 Å². The number of nitrogens with one attached hydrogen (secondary N) is 1. The van der Waals surface area contributed by atoms with Gasteiger partial charge in [-0.05, 0) is 44.1 Å². The van der Waals surface area contributed by atoms with Gasteiger partial charge in [-0.2, -0.15) is 0 Å². The van der Waals surface area contributed by atoms with Gasteiger partial charge in [0.15, 0.2) is 5.96 Å². The predicted octanol–water partition coefficient (Wildman–Crippen LogP) is 2.72. The molecule has 0 bridgehead atoms. The lowest BCUT2D eigenvalue weighted by Gasteiger charge is -2.38. The van der Waals surface area contributed by atoms with Crippen LogP contribution in [0.1, 0.15) is 46.5 Å². The van der Waals surface area contributed by atoms with Crippen LogP contribution in [0.5, 0.6) is 0 Å². The molecule has 1 spiro atoms. The minimum Gasteiger partial charge on any atom is -0.357 e. The Morgan fingerprint density at radius 2 is 1.73 bits per heavy atom. The lowest BCUT2D eigenvalue weighted by atomic mass is 9.68. The molecule has 1 N–H and O–H groups in total. The van der Waals surface area contributed by atoms with E-state index in [-0.39, 0.29) is 24.0 Å². The summed E-state index contributed by atoms with van der Waals surface area (Å²) in [6, 6.07) is 0. The summed E-state index contributed by atoms with van der Waals surface area (Å²) >= 11 is 0. The summed E-state index contributed by atoms with van der Waals surface area (Å²) in [5, 5.41) is 3.54. The molecule has 2 aliphatic heterocycles. The summed E-state index contributed by atoms with van der Waals surface area (Å²) in [4.78, 5) is 12.7. The maximum atomic E-state index is 5.01. The number of nitrogens with zero attached hydrogens (tertiary/aromatic N) is 4. The normalized spacial score (nSPS) is 25.0. The number of likely N-dealkylation sites (N-methyl/N-ethyl adjacent to an activating group) is 1. The second-order valence-electron chi connectivity index (χ2n) is 8.56. The Morgan fingerprint density at radius 3 is 2.27 bits per heavy atom. The fraction of sp³-hybridized carbons (Fsp3) is 0.950. The Hall–Kier alpha value is -0.0800. The van der Waals surface area contributed by atoms with E-state index >= 15 is 0 Å². The molecule has 0 radical (unpaired) electrons. The number of rotatable bonds is 6. The molecule has 6 heteroatoms. The van der Waals surface area contributed by atoms with E-state index in [1.165, 1.54) is 78.0 Å². The Morgan fingerprint density at radius 1 is 1.04 bits per heavy atom. The monoisotopic (exact) mass is 477 g/mol. The molecule has 1 saturated carbocycles. The molecule has 1 unspecified atom stereocenters. The van der Waals surface area contributed by atoms with Gasteiger partial charge in [-0.15, -0.1) is 24.0 Å². The van der Waals surface area contributed by atoms with Crippen LogP contribution >= 0.6 is 24.0 Å². The van der Waals surface area contributed by atoms with E-state index in [2.05, 4.69) is 40.8 Å². The number of hydrogen-bond donors (Lipinski definition) is 1. The van der Waals surface area contributed by atoms with E-state index in [0.717, 1.165) is 19.0 Å². The summed E-state index contributed by atoms with van der Waals surface area (Å²) in [7, 11) is 0. The van der Waals surface area contributed by atoms with Gasteiger partial charge in [-0.1, -0.05) is 20.3 Å². The van der Waals surface area contributed by atoms with E-state index in [9.17, 15) is 0 Å². The summed E-state index contributed by atoms with van der Waals surface area (Å²) in [5.74, 6) is 1.79. The van der Waals surface area contributed by atoms with Crippen molar-refractivity contribution in [1.29, 1.82) is 0 Å². The van der Waals surface area contributed by atoms with E-state index in [0.29, 0.717) is 11.3 Å². The van der Waals surface area contributed by atoms with Crippen LogP contribution < -0.4 is 5.32 Å². The van der Waals surface area contributed by atoms with Crippen molar-refractivity contribution in [2.24, 2.45) is 16.3 Å². The van der Waals surface area contributed by atoms with Crippen molar-refractivity contribution in [3.05, 3.63) is 0 Å². The van der Waals surface area contributed by atoms with Crippen molar-refractivity contribution < 1.29 is 0 Å². The van der Waals surface area contributed by atoms with Gasteiger partial charge in [0.2, 0.25) is 0 Å². The number of piperazine rings is 1. The van der Waals surface area contributed by atoms with Gasteiger partial charge in [0, 0.05) is 58.9 Å². The Bertz CT molecular complexity index is 443. The third kappa shape index (κ3) is 5.71. The molecule has 26 heavy (non-hydrogen) atoms. The van der Waals surface area contributed by atoms with Gasteiger partial charge in [0.1, 0.15) is 0 Å². The van der Waals surface area contributed by atoms with Crippen molar-refractivity contribution in [1.82, 2.24) is 20.0 Å². The highest BCUT2D eigenvalue weighted by molar-refractivity contribution is 14.0. The highest BCUT2D eigenvalue weighted by atomic mass is 127. The van der Waals surface area contributed by atoms with Crippen LogP contribution in [0.4, 0.5) is 0 Å². The fourth-order valence-electron chi connectivity index (χ4n) is 4.66. The molecule has 2 heterocycles. The lowest BCUT2D eigenvalue weighted by Crippen LogP contribution is -2.47. The zero-order valence-corrected chi connectivity index (χ0v) is 19.5. The Kier molecular flexibility index (Phi) is 8.94. The topological polar surface area (TPSA) is 34.1 Å². The van der Waals surface area contributed by atoms with E-state index in [1.807, 2.05) is 0 Å². The molecular formula is C20H40IN5. The summed E-state index contributed by atoms with van der Waals surface area (Å²) in [6.07, 6.45) is 5.67. The first-order valence-electron chi connectivity index (χ1n) is 10.6. The molecule has 3 fully saturated rings. The van der Waals surface area contributed by atoms with Crippen LogP contribution in [0, 0.1) is 11.3 Å². The first-order chi connectivity index (χ1) is 12.1. The molecule has 5 nitrogen and oxygen atoms in total. The van der Waals surface area contributed by atoms with Crippen molar-refractivity contribution in [3.8, 4) is 0 Å². The molecule has 0 aromatic rings. The quantitative estimate of drug-likeness (QED) is 0.363. The van der Waals surface area contributed by atoms with Crippen LogP contribution in [0.2, 0.25) is 0 Å². The molecule has 2 saturated heterocycles. The predicted molar refractivity (Wildman–Crippen MR) is 122 cm³/mol. The molecule has 3 rings (SSSR count).